The summed E-state index contributed by atoms with van der Waals surface area (Å²) in [5.74, 6) is -0.334. The lowest BCUT2D eigenvalue weighted by atomic mass is 10.1. The maximum Gasteiger partial charge on any atom is 0.416 e. The van der Waals surface area contributed by atoms with Crippen LogP contribution in [0.5, 0.6) is 0 Å². The molecule has 1 aliphatic rings. The first kappa shape index (κ1) is 20.2. The van der Waals surface area contributed by atoms with Crippen molar-refractivity contribution in [3.63, 3.8) is 0 Å². The van der Waals surface area contributed by atoms with Crippen molar-refractivity contribution in [1.29, 1.82) is 0 Å². The molecule has 2 aromatic rings. The predicted octanol–water partition coefficient (Wildman–Crippen LogP) is 4.03. The molecule has 3 rings (SSSR count). The first-order chi connectivity index (χ1) is 13.4. The van der Waals surface area contributed by atoms with Gasteiger partial charge in [0.15, 0.2) is 0 Å². The number of carbonyl (C=O) groups is 1. The van der Waals surface area contributed by atoms with E-state index >= 15 is 0 Å². The summed E-state index contributed by atoms with van der Waals surface area (Å²) in [6.45, 7) is 6.82. The van der Waals surface area contributed by atoms with E-state index in [1.54, 1.807) is 0 Å². The molecule has 0 atom stereocenters. The zero-order valence-electron chi connectivity index (χ0n) is 15.8. The van der Waals surface area contributed by atoms with Gasteiger partial charge in [-0.15, -0.1) is 0 Å². The number of anilines is 2. The molecule has 0 spiro atoms. The van der Waals surface area contributed by atoms with Crippen molar-refractivity contribution < 1.29 is 18.0 Å². The summed E-state index contributed by atoms with van der Waals surface area (Å²) in [5, 5.41) is 2.86. The molecule has 28 heavy (non-hydrogen) atoms. The van der Waals surface area contributed by atoms with Crippen molar-refractivity contribution in [3.05, 3.63) is 59.7 Å². The molecule has 0 unspecified atom stereocenters. The molecule has 0 bridgehead atoms. The van der Waals surface area contributed by atoms with Gasteiger partial charge in [-0.1, -0.05) is 37.3 Å². The molecule has 1 aliphatic heterocycles. The molecule has 4 nitrogen and oxygen atoms in total. The van der Waals surface area contributed by atoms with Crippen molar-refractivity contribution in [2.45, 2.75) is 19.5 Å². The number of para-hydroxylation sites is 2. The van der Waals surface area contributed by atoms with Crippen molar-refractivity contribution in [3.8, 4) is 0 Å². The van der Waals surface area contributed by atoms with E-state index in [4.69, 9.17) is 0 Å². The Bertz CT molecular complexity index is 815. The zero-order chi connectivity index (χ0) is 20.1. The van der Waals surface area contributed by atoms with Gasteiger partial charge in [0.2, 0.25) is 5.91 Å². The summed E-state index contributed by atoms with van der Waals surface area (Å²) in [5.41, 5.74) is 1.22. The number of nitrogens with one attached hydrogen (secondary N) is 1. The van der Waals surface area contributed by atoms with E-state index in [0.29, 0.717) is 11.3 Å². The molecular formula is C21H24F3N3O. The number of hydrogen-bond acceptors (Lipinski definition) is 3. The third-order valence-electron chi connectivity index (χ3n) is 4.96. The van der Waals surface area contributed by atoms with Crippen molar-refractivity contribution in [2.24, 2.45) is 0 Å². The fourth-order valence-corrected chi connectivity index (χ4v) is 3.40. The Morgan fingerprint density at radius 3 is 2.43 bits per heavy atom. The van der Waals surface area contributed by atoms with Crippen LogP contribution >= 0.6 is 0 Å². The van der Waals surface area contributed by atoms with Gasteiger partial charge in [-0.05, 0) is 30.3 Å². The summed E-state index contributed by atoms with van der Waals surface area (Å²) in [7, 11) is 0. The molecule has 150 valence electrons. The van der Waals surface area contributed by atoms with E-state index in [1.807, 2.05) is 24.3 Å². The summed E-state index contributed by atoms with van der Waals surface area (Å²) in [4.78, 5) is 17.1. The molecule has 7 heteroatoms. The van der Waals surface area contributed by atoms with Crippen LogP contribution in [-0.4, -0.2) is 43.5 Å². The summed E-state index contributed by atoms with van der Waals surface area (Å²) in [6.07, 6.45) is -4.53. The van der Waals surface area contributed by atoms with Gasteiger partial charge in [-0.2, -0.15) is 13.2 Å². The van der Waals surface area contributed by atoms with Gasteiger partial charge in [0.1, 0.15) is 0 Å². The van der Waals surface area contributed by atoms with Crippen LogP contribution in [0.3, 0.4) is 0 Å². The van der Waals surface area contributed by atoms with E-state index in [2.05, 4.69) is 22.0 Å². The van der Waals surface area contributed by atoms with Gasteiger partial charge >= 0.3 is 6.18 Å². The maximum absolute atomic E-state index is 12.9. The first-order valence-corrected chi connectivity index (χ1v) is 9.39. The Labute approximate surface area is 162 Å². The standard InChI is InChI=1S/C21H24F3N3O/c1-2-26-10-12-27(13-11-26)19-9-4-3-8-18(19)25-20(28)15-16-6-5-7-17(14-16)21(22,23)24/h3-9,14H,2,10-13,15H2,1H3,(H,25,28). The largest absolute Gasteiger partial charge is 0.416 e. The van der Waals surface area contributed by atoms with Crippen LogP contribution in [0, 0.1) is 0 Å². The molecule has 2 aromatic carbocycles. The molecule has 1 saturated heterocycles. The average Bonchev–Trinajstić information content (AvgIpc) is 2.68. The van der Waals surface area contributed by atoms with Crippen LogP contribution in [0.2, 0.25) is 0 Å². The lowest BCUT2D eigenvalue weighted by molar-refractivity contribution is -0.137. The highest BCUT2D eigenvalue weighted by atomic mass is 19.4. The average molecular weight is 391 g/mol. The third-order valence-corrected chi connectivity index (χ3v) is 4.96. The van der Waals surface area contributed by atoms with Gasteiger partial charge in [-0.25, -0.2) is 0 Å². The second kappa shape index (κ2) is 8.65. The highest BCUT2D eigenvalue weighted by molar-refractivity contribution is 5.95. The smallest absolute Gasteiger partial charge is 0.367 e. The van der Waals surface area contributed by atoms with Crippen molar-refractivity contribution in [2.75, 3.05) is 42.9 Å². The molecule has 1 heterocycles. The molecule has 0 aliphatic carbocycles. The number of benzene rings is 2. The maximum atomic E-state index is 12.9. The lowest BCUT2D eigenvalue weighted by Gasteiger charge is -2.36. The molecule has 0 radical (unpaired) electrons. The SMILES string of the molecule is CCN1CCN(c2ccccc2NC(=O)Cc2cccc(C(F)(F)F)c2)CC1. The second-order valence-electron chi connectivity index (χ2n) is 6.86. The van der Waals surface area contributed by atoms with Crippen molar-refractivity contribution in [1.82, 2.24) is 4.90 Å². The van der Waals surface area contributed by atoms with Gasteiger partial charge < -0.3 is 15.1 Å². The van der Waals surface area contributed by atoms with E-state index in [-0.39, 0.29) is 12.3 Å². The third kappa shape index (κ3) is 5.04. The topological polar surface area (TPSA) is 35.6 Å². The Balaban J connectivity index is 1.68. The number of carbonyl (C=O) groups excluding carboxylic acids is 1. The van der Waals surface area contributed by atoms with Crippen LogP contribution in [0.4, 0.5) is 24.5 Å². The minimum absolute atomic E-state index is 0.109. The number of halogens is 3. The highest BCUT2D eigenvalue weighted by Crippen LogP contribution is 2.30. The summed E-state index contributed by atoms with van der Waals surface area (Å²) < 4.78 is 38.6. The first-order valence-electron chi connectivity index (χ1n) is 9.39. The predicted molar refractivity (Wildman–Crippen MR) is 105 cm³/mol. The Morgan fingerprint density at radius 2 is 1.75 bits per heavy atom. The Morgan fingerprint density at radius 1 is 1.04 bits per heavy atom. The fourth-order valence-electron chi connectivity index (χ4n) is 3.40. The lowest BCUT2D eigenvalue weighted by Crippen LogP contribution is -2.46. The number of amides is 1. The zero-order valence-corrected chi connectivity index (χ0v) is 15.8. The number of nitrogens with zero attached hydrogens (tertiary/aromatic N) is 2. The number of likely N-dealkylation sites (N-methyl/N-ethyl adjacent to an activating group) is 1. The van der Waals surface area contributed by atoms with Gasteiger partial charge in [0.25, 0.3) is 0 Å². The Kier molecular flexibility index (Phi) is 6.24. The van der Waals surface area contributed by atoms with E-state index in [9.17, 15) is 18.0 Å². The number of hydrogen-bond donors (Lipinski definition) is 1. The van der Waals surface area contributed by atoms with Gasteiger partial charge in [0, 0.05) is 26.2 Å². The quantitative estimate of drug-likeness (QED) is 0.836. The van der Waals surface area contributed by atoms with Crippen LogP contribution in [0.25, 0.3) is 0 Å². The summed E-state index contributed by atoms with van der Waals surface area (Å²) >= 11 is 0. The number of rotatable bonds is 5. The number of piperazine rings is 1. The Hall–Kier alpha value is -2.54. The minimum Gasteiger partial charge on any atom is -0.367 e. The summed E-state index contributed by atoms with van der Waals surface area (Å²) in [6, 6.07) is 12.4. The molecule has 0 aromatic heterocycles. The fraction of sp³-hybridized carbons (Fsp3) is 0.381. The molecule has 1 amide bonds. The highest BCUT2D eigenvalue weighted by Gasteiger charge is 2.30. The van der Waals surface area contributed by atoms with Crippen LogP contribution in [-0.2, 0) is 17.4 Å². The molecule has 1 N–H and O–H groups in total. The minimum atomic E-state index is -4.42. The normalized spacial score (nSPS) is 15.5. The number of alkyl halides is 3. The van der Waals surface area contributed by atoms with Crippen molar-refractivity contribution >= 4 is 17.3 Å². The second-order valence-corrected chi connectivity index (χ2v) is 6.86. The molecule has 0 saturated carbocycles. The molecule has 1 fully saturated rings. The van der Waals surface area contributed by atoms with E-state index in [0.717, 1.165) is 50.5 Å². The van der Waals surface area contributed by atoms with Crippen LogP contribution in [0.1, 0.15) is 18.1 Å². The monoisotopic (exact) mass is 391 g/mol. The van der Waals surface area contributed by atoms with E-state index < -0.39 is 11.7 Å². The van der Waals surface area contributed by atoms with E-state index in [1.165, 1.54) is 12.1 Å². The molecular weight excluding hydrogens is 367 g/mol. The van der Waals surface area contributed by atoms with Gasteiger partial charge in [0.05, 0.1) is 23.4 Å². The van der Waals surface area contributed by atoms with Crippen LogP contribution in [0.15, 0.2) is 48.5 Å². The van der Waals surface area contributed by atoms with Gasteiger partial charge in [-0.3, -0.25) is 4.79 Å². The van der Waals surface area contributed by atoms with Crippen LogP contribution < -0.4 is 10.2 Å².